The number of carbonyl (C=O) groups is 1. The molecule has 0 aliphatic heterocycles. The molecule has 154 valence electrons. The van der Waals surface area contributed by atoms with Crippen molar-refractivity contribution in [3.05, 3.63) is 0 Å². The SMILES string of the molecule is CC(C=O)C[C@@H](C)[C@H]1CCC2C3CCC4C[C@H](O)CC[C@]4(C)C3CC[C@@]21C. The van der Waals surface area contributed by atoms with Crippen LogP contribution in [0.25, 0.3) is 0 Å². The molecule has 0 spiro atoms. The normalized spacial score (nSPS) is 51.6. The molecule has 4 aliphatic carbocycles. The predicted octanol–water partition coefficient (Wildman–Crippen LogP) is 5.87. The highest BCUT2D eigenvalue weighted by atomic mass is 16.3. The van der Waals surface area contributed by atoms with E-state index in [4.69, 9.17) is 0 Å². The van der Waals surface area contributed by atoms with Crippen molar-refractivity contribution in [1.82, 2.24) is 0 Å². The van der Waals surface area contributed by atoms with Crippen molar-refractivity contribution in [2.24, 2.45) is 52.3 Å². The quantitative estimate of drug-likeness (QED) is 0.625. The zero-order chi connectivity index (χ0) is 19.4. The molecule has 0 aromatic rings. The molecule has 5 unspecified atom stereocenters. The molecule has 1 N–H and O–H groups in total. The lowest BCUT2D eigenvalue weighted by molar-refractivity contribution is -0.129. The third-order valence-corrected chi connectivity index (χ3v) is 10.4. The van der Waals surface area contributed by atoms with Crippen LogP contribution >= 0.6 is 0 Å². The molecule has 0 heterocycles. The molecule has 4 saturated carbocycles. The van der Waals surface area contributed by atoms with Crippen molar-refractivity contribution < 1.29 is 9.90 Å². The van der Waals surface area contributed by atoms with Gasteiger partial charge in [-0.15, -0.1) is 0 Å². The van der Waals surface area contributed by atoms with Gasteiger partial charge < -0.3 is 9.90 Å². The van der Waals surface area contributed by atoms with E-state index >= 15 is 0 Å². The van der Waals surface area contributed by atoms with Crippen molar-refractivity contribution in [2.75, 3.05) is 0 Å². The van der Waals surface area contributed by atoms with Gasteiger partial charge in [-0.1, -0.05) is 27.7 Å². The minimum absolute atomic E-state index is 0.0370. The number of hydrogen-bond donors (Lipinski definition) is 1. The van der Waals surface area contributed by atoms with Gasteiger partial charge in [-0.05, 0) is 111 Å². The highest BCUT2D eigenvalue weighted by molar-refractivity contribution is 5.52. The van der Waals surface area contributed by atoms with Crippen LogP contribution < -0.4 is 0 Å². The van der Waals surface area contributed by atoms with Crippen molar-refractivity contribution in [1.29, 1.82) is 0 Å². The summed E-state index contributed by atoms with van der Waals surface area (Å²) >= 11 is 0. The van der Waals surface area contributed by atoms with Gasteiger partial charge in [-0.2, -0.15) is 0 Å². The Kier molecular flexibility index (Phi) is 5.28. The highest BCUT2D eigenvalue weighted by Crippen LogP contribution is 2.68. The van der Waals surface area contributed by atoms with Crippen LogP contribution in [-0.2, 0) is 4.79 Å². The molecule has 0 saturated heterocycles. The number of hydrogen-bond acceptors (Lipinski definition) is 2. The predicted molar refractivity (Wildman–Crippen MR) is 110 cm³/mol. The van der Waals surface area contributed by atoms with Gasteiger partial charge in [-0.3, -0.25) is 0 Å². The van der Waals surface area contributed by atoms with Gasteiger partial charge in [0.25, 0.3) is 0 Å². The topological polar surface area (TPSA) is 37.3 Å². The number of fused-ring (bicyclic) bond motifs is 5. The number of aliphatic hydroxyl groups excluding tert-OH is 1. The zero-order valence-corrected chi connectivity index (χ0v) is 18.1. The lowest BCUT2D eigenvalue weighted by Crippen LogP contribution is -2.54. The fourth-order valence-electron chi connectivity index (χ4n) is 9.02. The van der Waals surface area contributed by atoms with Crippen molar-refractivity contribution in [3.8, 4) is 0 Å². The van der Waals surface area contributed by atoms with Crippen LogP contribution in [0.1, 0.15) is 91.9 Å². The number of aliphatic hydroxyl groups is 1. The summed E-state index contributed by atoms with van der Waals surface area (Å²) in [6.07, 6.45) is 13.9. The van der Waals surface area contributed by atoms with Gasteiger partial charge in [0, 0.05) is 5.92 Å². The average molecular weight is 375 g/mol. The second-order valence-electron chi connectivity index (χ2n) is 11.6. The van der Waals surface area contributed by atoms with E-state index in [9.17, 15) is 9.90 Å². The summed E-state index contributed by atoms with van der Waals surface area (Å²) in [5.41, 5.74) is 0.986. The highest BCUT2D eigenvalue weighted by Gasteiger charge is 2.60. The molecule has 2 nitrogen and oxygen atoms in total. The van der Waals surface area contributed by atoms with Gasteiger partial charge in [0.2, 0.25) is 0 Å². The van der Waals surface area contributed by atoms with Crippen molar-refractivity contribution in [2.45, 2.75) is 98.0 Å². The van der Waals surface area contributed by atoms with E-state index in [0.29, 0.717) is 16.7 Å². The maximum atomic E-state index is 11.2. The van der Waals surface area contributed by atoms with Gasteiger partial charge >= 0.3 is 0 Å². The van der Waals surface area contributed by atoms with E-state index < -0.39 is 0 Å². The Labute approximate surface area is 166 Å². The maximum Gasteiger partial charge on any atom is 0.122 e. The molecule has 4 fully saturated rings. The largest absolute Gasteiger partial charge is 0.393 e. The van der Waals surface area contributed by atoms with E-state index in [1.54, 1.807) is 0 Å². The zero-order valence-electron chi connectivity index (χ0n) is 18.1. The van der Waals surface area contributed by atoms with Gasteiger partial charge in [0.15, 0.2) is 0 Å². The van der Waals surface area contributed by atoms with Crippen LogP contribution in [0.2, 0.25) is 0 Å². The minimum atomic E-state index is -0.0370. The lowest BCUT2D eigenvalue weighted by atomic mass is 9.44. The molecule has 4 aliphatic rings. The summed E-state index contributed by atoms with van der Waals surface area (Å²) in [5.74, 6) is 5.17. The summed E-state index contributed by atoms with van der Waals surface area (Å²) in [7, 11) is 0. The van der Waals surface area contributed by atoms with Crippen LogP contribution in [0.4, 0.5) is 0 Å². The average Bonchev–Trinajstić information content (AvgIpc) is 2.99. The Morgan fingerprint density at radius 2 is 1.67 bits per heavy atom. The third-order valence-electron chi connectivity index (χ3n) is 10.4. The Morgan fingerprint density at radius 3 is 2.41 bits per heavy atom. The van der Waals surface area contributed by atoms with E-state index in [-0.39, 0.29) is 12.0 Å². The Morgan fingerprint density at radius 1 is 0.963 bits per heavy atom. The first-order valence-electron chi connectivity index (χ1n) is 11.9. The van der Waals surface area contributed by atoms with Crippen molar-refractivity contribution in [3.63, 3.8) is 0 Å². The van der Waals surface area contributed by atoms with Crippen LogP contribution in [0.3, 0.4) is 0 Å². The maximum absolute atomic E-state index is 11.2. The minimum Gasteiger partial charge on any atom is -0.393 e. The smallest absolute Gasteiger partial charge is 0.122 e. The van der Waals surface area contributed by atoms with E-state index in [2.05, 4.69) is 27.7 Å². The number of rotatable bonds is 4. The monoisotopic (exact) mass is 374 g/mol. The third kappa shape index (κ3) is 3.13. The van der Waals surface area contributed by atoms with Crippen LogP contribution in [-0.4, -0.2) is 17.5 Å². The lowest BCUT2D eigenvalue weighted by Gasteiger charge is -2.61. The molecule has 0 radical (unpaired) electrons. The first-order valence-corrected chi connectivity index (χ1v) is 11.9. The standard InChI is InChI=1S/C25H42O2/c1-16(15-26)13-17(2)21-7-8-22-20-6-5-18-14-19(27)9-11-24(18,3)23(20)10-12-25(21,22)4/h15-23,27H,5-14H2,1-4H3/t16?,17-,18?,19-,20?,21-,22?,23?,24+,25-/m1/s1. The molecule has 10 atom stereocenters. The number of aldehydes is 1. The molecule has 27 heavy (non-hydrogen) atoms. The van der Waals surface area contributed by atoms with E-state index in [1.165, 1.54) is 44.9 Å². The molecule has 0 aromatic heterocycles. The second kappa shape index (κ2) is 7.15. The molecule has 4 rings (SSSR count). The van der Waals surface area contributed by atoms with Gasteiger partial charge in [-0.25, -0.2) is 0 Å². The molecule has 0 bridgehead atoms. The number of carbonyl (C=O) groups excluding carboxylic acids is 1. The molecular weight excluding hydrogens is 332 g/mol. The summed E-state index contributed by atoms with van der Waals surface area (Å²) < 4.78 is 0. The molecule has 2 heteroatoms. The van der Waals surface area contributed by atoms with E-state index in [0.717, 1.165) is 55.1 Å². The Bertz CT molecular complexity index is 559. The van der Waals surface area contributed by atoms with E-state index in [1.807, 2.05) is 0 Å². The molecule has 0 aromatic carbocycles. The van der Waals surface area contributed by atoms with Crippen molar-refractivity contribution >= 4 is 6.29 Å². The van der Waals surface area contributed by atoms with Crippen LogP contribution in [0.5, 0.6) is 0 Å². The fourth-order valence-corrected chi connectivity index (χ4v) is 9.02. The van der Waals surface area contributed by atoms with Gasteiger partial charge in [0.1, 0.15) is 6.29 Å². The summed E-state index contributed by atoms with van der Waals surface area (Å²) in [6.45, 7) is 9.72. The summed E-state index contributed by atoms with van der Waals surface area (Å²) in [6, 6.07) is 0. The van der Waals surface area contributed by atoms with Gasteiger partial charge in [0.05, 0.1) is 6.10 Å². The first kappa shape index (κ1) is 19.9. The van der Waals surface area contributed by atoms with Crippen LogP contribution in [0, 0.1) is 52.3 Å². The summed E-state index contributed by atoms with van der Waals surface area (Å²) in [4.78, 5) is 11.2. The Balaban J connectivity index is 1.53. The molecular formula is C25H42O2. The summed E-state index contributed by atoms with van der Waals surface area (Å²) in [5, 5.41) is 10.2. The van der Waals surface area contributed by atoms with Crippen LogP contribution in [0.15, 0.2) is 0 Å². The fraction of sp³-hybridized carbons (Fsp3) is 0.960. The second-order valence-corrected chi connectivity index (χ2v) is 11.6. The first-order chi connectivity index (χ1) is 12.8. The molecule has 0 amide bonds. The Hall–Kier alpha value is -0.370.